The number of likely N-dealkylation sites (N-methyl/N-ethyl adjacent to an activating group) is 1. The quantitative estimate of drug-likeness (QED) is 0.630. The zero-order chi connectivity index (χ0) is 13.1. The second-order valence-corrected chi connectivity index (χ2v) is 5.18. The number of hydrogen-bond acceptors (Lipinski definition) is 5. The van der Waals surface area contributed by atoms with Crippen LogP contribution in [0.1, 0.15) is 12.8 Å². The Morgan fingerprint density at radius 2 is 2.50 bits per heavy atom. The summed E-state index contributed by atoms with van der Waals surface area (Å²) in [6.07, 6.45) is 3.75. The molecule has 0 amide bonds. The van der Waals surface area contributed by atoms with Gasteiger partial charge in [0.2, 0.25) is 5.82 Å². The Hall–Kier alpha value is -1.21. The zero-order valence-electron chi connectivity index (χ0n) is 10.0. The molecule has 2 heterocycles. The lowest BCUT2D eigenvalue weighted by Gasteiger charge is -2.21. The van der Waals surface area contributed by atoms with E-state index in [1.807, 2.05) is 0 Å². The first-order chi connectivity index (χ1) is 8.58. The third kappa shape index (κ3) is 2.97. The van der Waals surface area contributed by atoms with E-state index in [-0.39, 0.29) is 11.8 Å². The van der Waals surface area contributed by atoms with Crippen LogP contribution in [0.2, 0.25) is 0 Å². The third-order valence-corrected chi connectivity index (χ3v) is 3.31. The first-order valence-electron chi connectivity index (χ1n) is 5.70. The minimum atomic E-state index is -0.418. The summed E-state index contributed by atoms with van der Waals surface area (Å²) in [5, 5.41) is 11.0. The highest BCUT2D eigenvalue weighted by Gasteiger charge is 2.23. The van der Waals surface area contributed by atoms with Crippen LogP contribution in [-0.4, -0.2) is 36.2 Å². The second-order valence-electron chi connectivity index (χ2n) is 4.27. The molecule has 98 valence electrons. The minimum absolute atomic E-state index is 0.00451. The van der Waals surface area contributed by atoms with Crippen LogP contribution in [0, 0.1) is 10.1 Å². The van der Waals surface area contributed by atoms with Crippen molar-refractivity contribution in [1.29, 1.82) is 0 Å². The number of aromatic nitrogens is 1. The van der Waals surface area contributed by atoms with Gasteiger partial charge in [-0.3, -0.25) is 10.1 Å². The van der Waals surface area contributed by atoms with Crippen molar-refractivity contribution in [3.63, 3.8) is 0 Å². The molecule has 0 radical (unpaired) electrons. The summed E-state index contributed by atoms with van der Waals surface area (Å²) >= 11 is 3.19. The molecule has 1 aromatic rings. The van der Waals surface area contributed by atoms with Crippen molar-refractivity contribution >= 4 is 27.4 Å². The summed E-state index contributed by atoms with van der Waals surface area (Å²) in [5.74, 6) is 0.374. The van der Waals surface area contributed by atoms with Crippen molar-refractivity contribution in [2.75, 3.05) is 25.1 Å². The van der Waals surface area contributed by atoms with Crippen LogP contribution in [0.3, 0.4) is 0 Å². The van der Waals surface area contributed by atoms with Gasteiger partial charge in [-0.15, -0.1) is 0 Å². The van der Waals surface area contributed by atoms with Crippen LogP contribution in [-0.2, 0) is 4.74 Å². The lowest BCUT2D eigenvalue weighted by molar-refractivity contribution is -0.384. The van der Waals surface area contributed by atoms with Gasteiger partial charge in [0.1, 0.15) is 0 Å². The molecule has 1 atom stereocenters. The van der Waals surface area contributed by atoms with Crippen LogP contribution in [0.5, 0.6) is 0 Å². The molecule has 7 heteroatoms. The van der Waals surface area contributed by atoms with Crippen LogP contribution in [0.4, 0.5) is 11.5 Å². The average Bonchev–Trinajstić information content (AvgIpc) is 2.81. The Balaban J connectivity index is 2.17. The number of anilines is 1. The summed E-state index contributed by atoms with van der Waals surface area (Å²) in [7, 11) is 1.80. The number of rotatable bonds is 4. The Bertz CT molecular complexity index is 449. The van der Waals surface area contributed by atoms with Gasteiger partial charge in [0.05, 0.1) is 11.0 Å². The van der Waals surface area contributed by atoms with Gasteiger partial charge in [0, 0.05) is 36.9 Å². The van der Waals surface area contributed by atoms with E-state index in [4.69, 9.17) is 4.74 Å². The molecule has 0 saturated carbocycles. The number of hydrogen-bond donors (Lipinski definition) is 0. The van der Waals surface area contributed by atoms with E-state index < -0.39 is 4.92 Å². The van der Waals surface area contributed by atoms with Crippen LogP contribution in [0.25, 0.3) is 0 Å². The molecule has 0 aromatic carbocycles. The van der Waals surface area contributed by atoms with E-state index in [2.05, 4.69) is 20.9 Å². The molecule has 1 unspecified atom stereocenters. The summed E-state index contributed by atoms with van der Waals surface area (Å²) in [6, 6.07) is 1.47. The van der Waals surface area contributed by atoms with Crippen molar-refractivity contribution in [1.82, 2.24) is 4.98 Å². The third-order valence-electron chi connectivity index (χ3n) is 2.87. The van der Waals surface area contributed by atoms with Gasteiger partial charge in [0.25, 0.3) is 0 Å². The van der Waals surface area contributed by atoms with E-state index in [1.54, 1.807) is 18.1 Å². The Labute approximate surface area is 113 Å². The lowest BCUT2D eigenvalue weighted by atomic mass is 10.2. The molecule has 2 rings (SSSR count). The maximum atomic E-state index is 11.0. The largest absolute Gasteiger partial charge is 0.376 e. The monoisotopic (exact) mass is 315 g/mol. The van der Waals surface area contributed by atoms with Crippen molar-refractivity contribution in [2.24, 2.45) is 0 Å². The molecule has 0 N–H and O–H groups in total. The molecule has 1 fully saturated rings. The highest BCUT2D eigenvalue weighted by Crippen LogP contribution is 2.28. The maximum absolute atomic E-state index is 11.0. The highest BCUT2D eigenvalue weighted by atomic mass is 79.9. The Morgan fingerprint density at radius 3 is 3.11 bits per heavy atom. The first kappa shape index (κ1) is 13.2. The molecule has 0 aliphatic carbocycles. The molecule has 18 heavy (non-hydrogen) atoms. The number of nitrogens with zero attached hydrogens (tertiary/aromatic N) is 3. The predicted octanol–water partition coefficient (Wildman–Crippen LogP) is 2.37. The average molecular weight is 316 g/mol. The van der Waals surface area contributed by atoms with Crippen LogP contribution in [0.15, 0.2) is 16.7 Å². The predicted molar refractivity (Wildman–Crippen MR) is 70.8 cm³/mol. The number of ether oxygens (including phenoxy) is 1. The normalized spacial score (nSPS) is 18.9. The van der Waals surface area contributed by atoms with E-state index in [0.717, 1.165) is 19.4 Å². The fourth-order valence-corrected chi connectivity index (χ4v) is 2.35. The zero-order valence-corrected chi connectivity index (χ0v) is 11.6. The fraction of sp³-hybridized carbons (Fsp3) is 0.545. The molecule has 0 spiro atoms. The minimum Gasteiger partial charge on any atom is -0.376 e. The standard InChI is InChI=1S/C11H14BrN3O3/c1-14(7-9-3-2-4-18-9)11-10(15(16)17)5-8(12)6-13-11/h5-6,9H,2-4,7H2,1H3. The second kappa shape index (κ2) is 5.62. The fourth-order valence-electron chi connectivity index (χ4n) is 2.03. The summed E-state index contributed by atoms with van der Waals surface area (Å²) in [4.78, 5) is 16.5. The van der Waals surface area contributed by atoms with E-state index in [1.165, 1.54) is 6.07 Å². The molecule has 0 bridgehead atoms. The molecule has 1 saturated heterocycles. The van der Waals surface area contributed by atoms with Crippen LogP contribution < -0.4 is 4.90 Å². The molecule has 1 aromatic heterocycles. The maximum Gasteiger partial charge on any atom is 0.312 e. The molecular weight excluding hydrogens is 302 g/mol. The number of nitro groups is 1. The number of halogens is 1. The van der Waals surface area contributed by atoms with Crippen LogP contribution >= 0.6 is 15.9 Å². The first-order valence-corrected chi connectivity index (χ1v) is 6.50. The van der Waals surface area contributed by atoms with Gasteiger partial charge in [-0.2, -0.15) is 0 Å². The summed E-state index contributed by atoms with van der Waals surface area (Å²) in [5.41, 5.74) is 0.00451. The van der Waals surface area contributed by atoms with Crippen molar-refractivity contribution in [3.05, 3.63) is 26.9 Å². The molecule has 6 nitrogen and oxygen atoms in total. The van der Waals surface area contributed by atoms with E-state index in [0.29, 0.717) is 16.8 Å². The van der Waals surface area contributed by atoms with Gasteiger partial charge in [-0.25, -0.2) is 4.98 Å². The van der Waals surface area contributed by atoms with Gasteiger partial charge < -0.3 is 9.64 Å². The molecule has 1 aliphatic rings. The van der Waals surface area contributed by atoms with E-state index in [9.17, 15) is 10.1 Å². The van der Waals surface area contributed by atoms with Gasteiger partial charge >= 0.3 is 5.69 Å². The lowest BCUT2D eigenvalue weighted by Crippen LogP contribution is -2.29. The van der Waals surface area contributed by atoms with Crippen molar-refractivity contribution < 1.29 is 9.66 Å². The van der Waals surface area contributed by atoms with Crippen molar-refractivity contribution in [2.45, 2.75) is 18.9 Å². The smallest absolute Gasteiger partial charge is 0.312 e. The summed E-state index contributed by atoms with van der Waals surface area (Å²) < 4.78 is 6.12. The number of pyridine rings is 1. The van der Waals surface area contributed by atoms with Gasteiger partial charge in [-0.05, 0) is 28.8 Å². The Morgan fingerprint density at radius 1 is 1.72 bits per heavy atom. The highest BCUT2D eigenvalue weighted by molar-refractivity contribution is 9.10. The topological polar surface area (TPSA) is 68.5 Å². The van der Waals surface area contributed by atoms with Gasteiger partial charge in [0.15, 0.2) is 0 Å². The summed E-state index contributed by atoms with van der Waals surface area (Å²) in [6.45, 7) is 1.39. The molecular formula is C11H14BrN3O3. The Kier molecular flexibility index (Phi) is 4.13. The van der Waals surface area contributed by atoms with E-state index >= 15 is 0 Å². The molecule has 1 aliphatic heterocycles. The van der Waals surface area contributed by atoms with Crippen molar-refractivity contribution in [3.8, 4) is 0 Å². The SMILES string of the molecule is CN(CC1CCCO1)c1ncc(Br)cc1[N+](=O)[O-]. The van der Waals surface area contributed by atoms with Gasteiger partial charge in [-0.1, -0.05) is 0 Å².